The summed E-state index contributed by atoms with van der Waals surface area (Å²) in [5, 5.41) is 6.77. The maximum Gasteiger partial charge on any atom is 0.225 e. The van der Waals surface area contributed by atoms with Gasteiger partial charge in [0.05, 0.1) is 6.54 Å². The molecule has 3 rings (SSSR count). The Morgan fingerprint density at radius 3 is 2.73 bits per heavy atom. The third-order valence-corrected chi connectivity index (χ3v) is 5.91. The summed E-state index contributed by atoms with van der Waals surface area (Å²) >= 11 is 0. The van der Waals surface area contributed by atoms with Gasteiger partial charge in [-0.3, -0.25) is 4.79 Å². The monoisotopic (exact) mass is 417 g/mol. The van der Waals surface area contributed by atoms with Crippen LogP contribution in [0, 0.1) is 11.7 Å². The van der Waals surface area contributed by atoms with Gasteiger partial charge in [-0.25, -0.2) is 9.38 Å². The molecule has 1 aromatic rings. The van der Waals surface area contributed by atoms with Gasteiger partial charge in [-0.15, -0.1) is 0 Å². The number of hydrogen-bond acceptors (Lipinski definition) is 3. The number of aliphatic imine (C=N–C) groups is 1. The molecule has 6 nitrogen and oxygen atoms in total. The minimum Gasteiger partial charge on any atom is -0.357 e. The first kappa shape index (κ1) is 22.5. The van der Waals surface area contributed by atoms with Gasteiger partial charge in [0, 0.05) is 43.7 Å². The number of carbonyl (C=O) groups is 1. The van der Waals surface area contributed by atoms with Gasteiger partial charge in [-0.1, -0.05) is 18.9 Å². The predicted molar refractivity (Wildman–Crippen MR) is 119 cm³/mol. The van der Waals surface area contributed by atoms with Crippen LogP contribution in [0.2, 0.25) is 0 Å². The van der Waals surface area contributed by atoms with Crippen molar-refractivity contribution in [3.05, 3.63) is 35.1 Å². The molecule has 1 aromatic carbocycles. The maximum atomic E-state index is 14.0. The highest BCUT2D eigenvalue weighted by molar-refractivity contribution is 5.81. The van der Waals surface area contributed by atoms with Crippen LogP contribution >= 0.6 is 0 Å². The Kier molecular flexibility index (Phi) is 8.08. The summed E-state index contributed by atoms with van der Waals surface area (Å²) in [6.07, 6.45) is 5.40. The fraction of sp³-hybridized carbons (Fsp3) is 0.652. The molecule has 0 bridgehead atoms. The summed E-state index contributed by atoms with van der Waals surface area (Å²) in [6, 6.07) is 5.41. The Morgan fingerprint density at radius 1 is 1.27 bits per heavy atom. The van der Waals surface area contributed by atoms with Gasteiger partial charge in [-0.2, -0.15) is 0 Å². The molecule has 1 saturated heterocycles. The summed E-state index contributed by atoms with van der Waals surface area (Å²) < 4.78 is 14.0. The molecule has 2 fully saturated rings. The molecule has 1 aliphatic heterocycles. The molecule has 1 amide bonds. The molecular formula is C23H36FN5O. The van der Waals surface area contributed by atoms with E-state index < -0.39 is 0 Å². The second-order valence-electron chi connectivity index (χ2n) is 8.75. The SMILES string of the molecule is CCNC(=NCc1ccc(F)c(CN(C)C)c1)NC1CCN(C(=O)C2CCCC2)C1. The summed E-state index contributed by atoms with van der Waals surface area (Å²) in [6.45, 7) is 5.40. The van der Waals surface area contributed by atoms with E-state index in [1.807, 2.05) is 36.9 Å². The third kappa shape index (κ3) is 6.17. The normalized spacial score (nSPS) is 20.2. The van der Waals surface area contributed by atoms with Crippen molar-refractivity contribution in [1.82, 2.24) is 20.4 Å². The molecule has 1 unspecified atom stereocenters. The molecule has 1 aliphatic carbocycles. The van der Waals surface area contributed by atoms with Crippen LogP contribution in [0.25, 0.3) is 0 Å². The molecular weight excluding hydrogens is 381 g/mol. The average molecular weight is 418 g/mol. The van der Waals surface area contributed by atoms with Crippen molar-refractivity contribution in [3.63, 3.8) is 0 Å². The van der Waals surface area contributed by atoms with Crippen molar-refractivity contribution in [1.29, 1.82) is 0 Å². The number of benzene rings is 1. The molecule has 30 heavy (non-hydrogen) atoms. The van der Waals surface area contributed by atoms with Crippen LogP contribution in [0.4, 0.5) is 4.39 Å². The number of amides is 1. The maximum absolute atomic E-state index is 14.0. The molecule has 1 saturated carbocycles. The largest absolute Gasteiger partial charge is 0.357 e. The van der Waals surface area contributed by atoms with E-state index in [9.17, 15) is 9.18 Å². The quantitative estimate of drug-likeness (QED) is 0.529. The highest BCUT2D eigenvalue weighted by atomic mass is 19.1. The molecule has 7 heteroatoms. The average Bonchev–Trinajstić information content (AvgIpc) is 3.40. The third-order valence-electron chi connectivity index (χ3n) is 5.91. The van der Waals surface area contributed by atoms with Gasteiger partial charge >= 0.3 is 0 Å². The van der Waals surface area contributed by atoms with Crippen molar-refractivity contribution in [2.45, 2.75) is 58.2 Å². The minimum atomic E-state index is -0.181. The molecule has 1 atom stereocenters. The Hall–Kier alpha value is -2.15. The number of likely N-dealkylation sites (tertiary alicyclic amines) is 1. The van der Waals surface area contributed by atoms with Crippen molar-refractivity contribution < 1.29 is 9.18 Å². The smallest absolute Gasteiger partial charge is 0.225 e. The van der Waals surface area contributed by atoms with E-state index in [1.165, 1.54) is 18.9 Å². The van der Waals surface area contributed by atoms with Crippen molar-refractivity contribution in [3.8, 4) is 0 Å². The second kappa shape index (κ2) is 10.8. The van der Waals surface area contributed by atoms with Crippen molar-refractivity contribution in [2.75, 3.05) is 33.7 Å². The molecule has 0 radical (unpaired) electrons. The minimum absolute atomic E-state index is 0.181. The van der Waals surface area contributed by atoms with Gasteiger partial charge in [0.15, 0.2) is 5.96 Å². The van der Waals surface area contributed by atoms with E-state index in [4.69, 9.17) is 4.99 Å². The van der Waals surface area contributed by atoms with Gasteiger partial charge in [0.1, 0.15) is 5.82 Å². The lowest BCUT2D eigenvalue weighted by Gasteiger charge is -2.21. The van der Waals surface area contributed by atoms with Gasteiger partial charge in [-0.05, 0) is 58.0 Å². The van der Waals surface area contributed by atoms with E-state index in [0.29, 0.717) is 24.6 Å². The van der Waals surface area contributed by atoms with Gasteiger partial charge in [0.2, 0.25) is 5.91 Å². The highest BCUT2D eigenvalue weighted by Gasteiger charge is 2.32. The van der Waals surface area contributed by atoms with E-state index in [0.717, 1.165) is 50.4 Å². The second-order valence-corrected chi connectivity index (χ2v) is 8.75. The zero-order valence-electron chi connectivity index (χ0n) is 18.6. The van der Waals surface area contributed by atoms with Gasteiger partial charge < -0.3 is 20.4 Å². The van der Waals surface area contributed by atoms with Crippen LogP contribution in [-0.2, 0) is 17.9 Å². The van der Waals surface area contributed by atoms with E-state index in [2.05, 4.69) is 10.6 Å². The fourth-order valence-corrected chi connectivity index (χ4v) is 4.38. The number of halogens is 1. The molecule has 1 heterocycles. The van der Waals surface area contributed by atoms with E-state index in [-0.39, 0.29) is 17.8 Å². The van der Waals surface area contributed by atoms with Crippen molar-refractivity contribution >= 4 is 11.9 Å². The van der Waals surface area contributed by atoms with Crippen LogP contribution < -0.4 is 10.6 Å². The molecule has 0 aromatic heterocycles. The molecule has 0 spiro atoms. The Morgan fingerprint density at radius 2 is 2.03 bits per heavy atom. The van der Waals surface area contributed by atoms with E-state index in [1.54, 1.807) is 6.07 Å². The topological polar surface area (TPSA) is 60.0 Å². The van der Waals surface area contributed by atoms with Crippen LogP contribution in [0.5, 0.6) is 0 Å². The lowest BCUT2D eigenvalue weighted by Crippen LogP contribution is -2.45. The predicted octanol–water partition coefficient (Wildman–Crippen LogP) is 2.73. The van der Waals surface area contributed by atoms with Crippen molar-refractivity contribution in [2.24, 2.45) is 10.9 Å². The standard InChI is InChI=1S/C23H36FN5O/c1-4-25-23(26-14-17-9-10-21(24)19(13-17)15-28(2)3)27-20-11-12-29(16-20)22(30)18-7-5-6-8-18/h9-10,13,18,20H,4-8,11-12,14-16H2,1-3H3,(H2,25,26,27). The molecule has 2 aliphatic rings. The summed E-state index contributed by atoms with van der Waals surface area (Å²) in [5.41, 5.74) is 1.66. The number of nitrogens with one attached hydrogen (secondary N) is 2. The fourth-order valence-electron chi connectivity index (χ4n) is 4.38. The van der Waals surface area contributed by atoms with Crippen LogP contribution in [-0.4, -0.2) is 61.4 Å². The first-order valence-corrected chi connectivity index (χ1v) is 11.2. The lowest BCUT2D eigenvalue weighted by molar-refractivity contribution is -0.134. The highest BCUT2D eigenvalue weighted by Crippen LogP contribution is 2.27. The van der Waals surface area contributed by atoms with Gasteiger partial charge in [0.25, 0.3) is 0 Å². The number of rotatable bonds is 7. The first-order valence-electron chi connectivity index (χ1n) is 11.2. The van der Waals surface area contributed by atoms with E-state index >= 15 is 0 Å². The Bertz CT molecular complexity index is 745. The zero-order chi connectivity index (χ0) is 21.5. The summed E-state index contributed by atoms with van der Waals surface area (Å²) in [5.74, 6) is 1.13. The lowest BCUT2D eigenvalue weighted by atomic mass is 10.1. The Labute approximate surface area is 179 Å². The first-order chi connectivity index (χ1) is 14.5. The number of nitrogens with zero attached hydrogens (tertiary/aromatic N) is 3. The number of carbonyl (C=O) groups excluding carboxylic acids is 1. The molecule has 2 N–H and O–H groups in total. The molecule has 166 valence electrons. The number of guanidine groups is 1. The van der Waals surface area contributed by atoms with Crippen LogP contribution in [0.15, 0.2) is 23.2 Å². The summed E-state index contributed by atoms with van der Waals surface area (Å²) in [4.78, 5) is 21.3. The van der Waals surface area contributed by atoms with Crippen LogP contribution in [0.3, 0.4) is 0 Å². The van der Waals surface area contributed by atoms with Crippen LogP contribution in [0.1, 0.15) is 50.2 Å². The zero-order valence-corrected chi connectivity index (χ0v) is 18.6. The summed E-state index contributed by atoms with van der Waals surface area (Å²) in [7, 11) is 3.86. The number of hydrogen-bond donors (Lipinski definition) is 2. The Balaban J connectivity index is 1.58.